The summed E-state index contributed by atoms with van der Waals surface area (Å²) >= 11 is 5.72. The van der Waals surface area contributed by atoms with Crippen molar-refractivity contribution in [2.45, 2.75) is 19.1 Å². The van der Waals surface area contributed by atoms with Gasteiger partial charge in [0.05, 0.1) is 16.5 Å². The Labute approximate surface area is 163 Å². The van der Waals surface area contributed by atoms with E-state index in [0.717, 1.165) is 12.1 Å². The summed E-state index contributed by atoms with van der Waals surface area (Å²) in [5, 5.41) is 2.31. The van der Waals surface area contributed by atoms with Crippen molar-refractivity contribution in [3.05, 3.63) is 64.4 Å². The number of nitrogens with one attached hydrogen (secondary N) is 1. The first-order valence-corrected chi connectivity index (χ1v) is 8.73. The summed E-state index contributed by atoms with van der Waals surface area (Å²) in [5.41, 5.74) is -0.524. The zero-order chi connectivity index (χ0) is 20.5. The van der Waals surface area contributed by atoms with E-state index < -0.39 is 29.4 Å². The van der Waals surface area contributed by atoms with Crippen LogP contribution < -0.4 is 10.2 Å². The minimum Gasteiger partial charge on any atom is -0.352 e. The molecule has 0 aromatic heterocycles. The number of rotatable bonds is 4. The van der Waals surface area contributed by atoms with E-state index in [1.165, 1.54) is 35.2 Å². The van der Waals surface area contributed by atoms with Gasteiger partial charge in [0.25, 0.3) is 0 Å². The smallest absolute Gasteiger partial charge is 0.352 e. The van der Waals surface area contributed by atoms with Gasteiger partial charge in [-0.2, -0.15) is 13.2 Å². The molecule has 9 heteroatoms. The fraction of sp³-hybridized carbons (Fsp3) is 0.263. The van der Waals surface area contributed by atoms with E-state index in [-0.39, 0.29) is 36.0 Å². The summed E-state index contributed by atoms with van der Waals surface area (Å²) in [6.07, 6.45) is -4.62. The predicted molar refractivity (Wildman–Crippen MR) is 95.2 cm³/mol. The van der Waals surface area contributed by atoms with Gasteiger partial charge in [0, 0.05) is 25.2 Å². The molecule has 1 atom stereocenters. The second kappa shape index (κ2) is 7.79. The first-order valence-electron chi connectivity index (χ1n) is 8.35. The fourth-order valence-electron chi connectivity index (χ4n) is 3.06. The number of benzene rings is 2. The van der Waals surface area contributed by atoms with Crippen molar-refractivity contribution in [3.8, 4) is 0 Å². The maximum absolute atomic E-state index is 13.3. The van der Waals surface area contributed by atoms with E-state index in [4.69, 9.17) is 11.6 Å². The third-order valence-electron chi connectivity index (χ3n) is 4.49. The van der Waals surface area contributed by atoms with Crippen LogP contribution in [0.5, 0.6) is 0 Å². The molecule has 1 heterocycles. The van der Waals surface area contributed by atoms with Gasteiger partial charge >= 0.3 is 6.18 Å². The van der Waals surface area contributed by atoms with Crippen molar-refractivity contribution in [2.24, 2.45) is 5.92 Å². The Morgan fingerprint density at radius 2 is 1.93 bits per heavy atom. The zero-order valence-corrected chi connectivity index (χ0v) is 15.1. The molecule has 2 aromatic rings. The number of alkyl halides is 3. The standard InChI is InChI=1S/C19H15ClF4N2O2/c20-15-8-13(5-6-16(15)21)26-10-12(7-17(26)27)18(28)25-9-11-3-1-2-4-14(11)19(22,23)24/h1-6,8,12H,7,9-10H2,(H,25,28)/t12-/m1/s1. The number of nitrogens with zero attached hydrogens (tertiary/aromatic N) is 1. The maximum Gasteiger partial charge on any atom is 0.416 e. The molecule has 0 aliphatic carbocycles. The molecule has 1 saturated heterocycles. The van der Waals surface area contributed by atoms with Crippen molar-refractivity contribution in [1.82, 2.24) is 5.32 Å². The Bertz CT molecular complexity index is 917. The molecular weight excluding hydrogens is 400 g/mol. The lowest BCUT2D eigenvalue weighted by molar-refractivity contribution is -0.138. The van der Waals surface area contributed by atoms with Gasteiger partial charge in [-0.25, -0.2) is 4.39 Å². The molecule has 2 amide bonds. The molecule has 1 aliphatic rings. The SMILES string of the molecule is O=C(NCc1ccccc1C(F)(F)F)[C@@H]1CC(=O)N(c2ccc(F)c(Cl)c2)C1. The molecule has 3 rings (SSSR count). The third-order valence-corrected chi connectivity index (χ3v) is 4.78. The highest BCUT2D eigenvalue weighted by atomic mass is 35.5. The normalized spacial score (nSPS) is 17.1. The molecule has 0 saturated carbocycles. The molecule has 0 radical (unpaired) electrons. The summed E-state index contributed by atoms with van der Waals surface area (Å²) in [5.74, 6) is -2.23. The number of halogens is 5. The number of carbonyl (C=O) groups excluding carboxylic acids is 2. The molecule has 1 N–H and O–H groups in total. The van der Waals surface area contributed by atoms with Gasteiger partial charge in [-0.15, -0.1) is 0 Å². The third kappa shape index (κ3) is 4.27. The molecule has 28 heavy (non-hydrogen) atoms. The van der Waals surface area contributed by atoms with Crippen LogP contribution in [0.4, 0.5) is 23.2 Å². The van der Waals surface area contributed by atoms with Crippen LogP contribution in [0.2, 0.25) is 5.02 Å². The summed E-state index contributed by atoms with van der Waals surface area (Å²) in [6, 6.07) is 8.74. The van der Waals surface area contributed by atoms with Crippen LogP contribution in [0.25, 0.3) is 0 Å². The van der Waals surface area contributed by atoms with Gasteiger partial charge in [-0.3, -0.25) is 9.59 Å². The minimum atomic E-state index is -4.52. The summed E-state index contributed by atoms with van der Waals surface area (Å²) < 4.78 is 52.4. The monoisotopic (exact) mass is 414 g/mol. The molecule has 4 nitrogen and oxygen atoms in total. The van der Waals surface area contributed by atoms with Gasteiger partial charge in [-0.05, 0) is 29.8 Å². The van der Waals surface area contributed by atoms with E-state index in [1.54, 1.807) is 0 Å². The maximum atomic E-state index is 13.3. The first-order chi connectivity index (χ1) is 13.2. The van der Waals surface area contributed by atoms with Crippen molar-refractivity contribution < 1.29 is 27.2 Å². The second-order valence-corrected chi connectivity index (χ2v) is 6.78. The molecule has 148 valence electrons. The molecular formula is C19H15ClF4N2O2. The minimum absolute atomic E-state index is 0.0353. The van der Waals surface area contributed by atoms with Crippen LogP contribution in [-0.2, 0) is 22.3 Å². The van der Waals surface area contributed by atoms with Crippen molar-refractivity contribution in [3.63, 3.8) is 0 Å². The van der Waals surface area contributed by atoms with Crippen LogP contribution in [0.1, 0.15) is 17.5 Å². The van der Waals surface area contributed by atoms with Crippen LogP contribution >= 0.6 is 11.6 Å². The fourth-order valence-corrected chi connectivity index (χ4v) is 3.24. The average molecular weight is 415 g/mol. The van der Waals surface area contributed by atoms with E-state index in [2.05, 4.69) is 5.32 Å². The lowest BCUT2D eigenvalue weighted by Gasteiger charge is -2.17. The topological polar surface area (TPSA) is 49.4 Å². The highest BCUT2D eigenvalue weighted by Crippen LogP contribution is 2.32. The molecule has 0 bridgehead atoms. The molecule has 1 fully saturated rings. The zero-order valence-electron chi connectivity index (χ0n) is 14.4. The van der Waals surface area contributed by atoms with E-state index in [9.17, 15) is 27.2 Å². The second-order valence-electron chi connectivity index (χ2n) is 6.38. The molecule has 0 unspecified atom stereocenters. The van der Waals surface area contributed by atoms with Crippen molar-refractivity contribution in [1.29, 1.82) is 0 Å². The summed E-state index contributed by atoms with van der Waals surface area (Å²) in [7, 11) is 0. The highest BCUT2D eigenvalue weighted by Gasteiger charge is 2.36. The Hall–Kier alpha value is -2.61. The Balaban J connectivity index is 1.66. The van der Waals surface area contributed by atoms with Gasteiger partial charge in [0.15, 0.2) is 0 Å². The largest absolute Gasteiger partial charge is 0.416 e. The van der Waals surface area contributed by atoms with Crippen molar-refractivity contribution in [2.75, 3.05) is 11.4 Å². The summed E-state index contributed by atoms with van der Waals surface area (Å²) in [4.78, 5) is 25.9. The van der Waals surface area contributed by atoms with Crippen LogP contribution in [0.3, 0.4) is 0 Å². The summed E-state index contributed by atoms with van der Waals surface area (Å²) in [6.45, 7) is -0.269. The number of hydrogen-bond donors (Lipinski definition) is 1. The molecule has 2 aromatic carbocycles. The number of anilines is 1. The first kappa shape index (κ1) is 20.1. The van der Waals surface area contributed by atoms with Crippen LogP contribution in [0.15, 0.2) is 42.5 Å². The van der Waals surface area contributed by atoms with Gasteiger partial charge in [0.1, 0.15) is 5.82 Å². The van der Waals surface area contributed by atoms with E-state index in [0.29, 0.717) is 5.69 Å². The highest BCUT2D eigenvalue weighted by molar-refractivity contribution is 6.31. The number of carbonyl (C=O) groups is 2. The van der Waals surface area contributed by atoms with E-state index >= 15 is 0 Å². The van der Waals surface area contributed by atoms with Gasteiger partial charge in [-0.1, -0.05) is 29.8 Å². The Morgan fingerprint density at radius 1 is 1.21 bits per heavy atom. The quantitative estimate of drug-likeness (QED) is 0.763. The molecule has 1 aliphatic heterocycles. The van der Waals surface area contributed by atoms with Gasteiger partial charge < -0.3 is 10.2 Å². The lowest BCUT2D eigenvalue weighted by Crippen LogP contribution is -2.33. The van der Waals surface area contributed by atoms with Crippen LogP contribution in [-0.4, -0.2) is 18.4 Å². The predicted octanol–water partition coefficient (Wildman–Crippen LogP) is 4.17. The average Bonchev–Trinajstić information content (AvgIpc) is 3.03. The van der Waals surface area contributed by atoms with Crippen molar-refractivity contribution >= 4 is 29.1 Å². The Morgan fingerprint density at radius 3 is 2.61 bits per heavy atom. The van der Waals surface area contributed by atoms with Gasteiger partial charge in [0.2, 0.25) is 11.8 Å². The number of hydrogen-bond acceptors (Lipinski definition) is 2. The van der Waals surface area contributed by atoms with E-state index in [1.807, 2.05) is 0 Å². The number of amides is 2. The van der Waals surface area contributed by atoms with Crippen LogP contribution in [0, 0.1) is 11.7 Å². The lowest BCUT2D eigenvalue weighted by atomic mass is 10.1. The molecule has 0 spiro atoms. The Kier molecular flexibility index (Phi) is 5.60.